The number of benzene rings is 1. The number of pyridine rings is 1. The summed E-state index contributed by atoms with van der Waals surface area (Å²) in [6.07, 6.45) is 2.62. The van der Waals surface area contributed by atoms with E-state index in [1.165, 1.54) is 5.56 Å². The van der Waals surface area contributed by atoms with Gasteiger partial charge in [0.05, 0.1) is 16.4 Å². The van der Waals surface area contributed by atoms with Crippen molar-refractivity contribution in [3.8, 4) is 0 Å². The van der Waals surface area contributed by atoms with Crippen LogP contribution in [0.3, 0.4) is 0 Å². The molecule has 0 aliphatic rings. The smallest absolute Gasteiger partial charge is 0.140 e. The third-order valence-corrected chi connectivity index (χ3v) is 3.02. The third kappa shape index (κ3) is 3.46. The van der Waals surface area contributed by atoms with Gasteiger partial charge in [-0.05, 0) is 34.0 Å². The summed E-state index contributed by atoms with van der Waals surface area (Å²) >= 11 is 3.43. The zero-order chi connectivity index (χ0) is 12.1. The zero-order valence-electron chi connectivity index (χ0n) is 9.36. The van der Waals surface area contributed by atoms with E-state index in [-0.39, 0.29) is 0 Å². The maximum absolute atomic E-state index is 5.63. The number of nitrogens with two attached hydrogens (primary N) is 1. The zero-order valence-corrected chi connectivity index (χ0v) is 10.9. The predicted molar refractivity (Wildman–Crippen MR) is 75.0 cm³/mol. The van der Waals surface area contributed by atoms with Crippen molar-refractivity contribution in [1.29, 1.82) is 0 Å². The Kier molecular flexibility index (Phi) is 3.98. The molecule has 2 aromatic rings. The number of hydrogen-bond donors (Lipinski definition) is 2. The molecule has 0 aliphatic heterocycles. The molecular formula is C13H14BrN3. The van der Waals surface area contributed by atoms with E-state index in [2.05, 4.69) is 38.4 Å². The van der Waals surface area contributed by atoms with Crippen LogP contribution in [0.2, 0.25) is 0 Å². The fraction of sp³-hybridized carbons (Fsp3) is 0.154. The van der Waals surface area contributed by atoms with Crippen molar-refractivity contribution in [2.24, 2.45) is 0 Å². The van der Waals surface area contributed by atoms with Crippen LogP contribution in [-0.4, -0.2) is 11.5 Å². The second kappa shape index (κ2) is 5.68. The van der Waals surface area contributed by atoms with Crippen molar-refractivity contribution in [2.75, 3.05) is 17.6 Å². The molecule has 0 atom stereocenters. The minimum absolute atomic E-state index is 0.658. The molecule has 0 bridgehead atoms. The van der Waals surface area contributed by atoms with E-state index in [4.69, 9.17) is 5.73 Å². The first-order chi connectivity index (χ1) is 8.25. The second-order valence-corrected chi connectivity index (χ2v) is 4.62. The number of halogens is 1. The van der Waals surface area contributed by atoms with Gasteiger partial charge in [-0.3, -0.25) is 0 Å². The first-order valence-electron chi connectivity index (χ1n) is 5.44. The Morgan fingerprint density at radius 3 is 2.71 bits per heavy atom. The van der Waals surface area contributed by atoms with Gasteiger partial charge in [-0.1, -0.05) is 30.3 Å². The summed E-state index contributed by atoms with van der Waals surface area (Å²) in [6.45, 7) is 0.847. The van der Waals surface area contributed by atoms with Gasteiger partial charge in [0.2, 0.25) is 0 Å². The van der Waals surface area contributed by atoms with Gasteiger partial charge in [-0.2, -0.15) is 0 Å². The Balaban J connectivity index is 1.90. The van der Waals surface area contributed by atoms with Gasteiger partial charge in [0, 0.05) is 6.54 Å². The Hall–Kier alpha value is -1.55. The molecule has 2 rings (SSSR count). The van der Waals surface area contributed by atoms with Crippen LogP contribution in [0.4, 0.5) is 11.5 Å². The second-order valence-electron chi connectivity index (χ2n) is 3.76. The van der Waals surface area contributed by atoms with Crippen molar-refractivity contribution in [1.82, 2.24) is 4.98 Å². The largest absolute Gasteiger partial charge is 0.397 e. The highest BCUT2D eigenvalue weighted by Gasteiger charge is 2.00. The molecule has 3 nitrogen and oxygen atoms in total. The average Bonchev–Trinajstić information content (AvgIpc) is 2.33. The molecule has 0 radical (unpaired) electrons. The summed E-state index contributed by atoms with van der Waals surface area (Å²) in [5, 5.41) is 3.28. The minimum Gasteiger partial charge on any atom is -0.397 e. The van der Waals surface area contributed by atoms with Crippen molar-refractivity contribution >= 4 is 27.4 Å². The van der Waals surface area contributed by atoms with Crippen molar-refractivity contribution in [2.45, 2.75) is 6.42 Å². The molecule has 0 saturated carbocycles. The lowest BCUT2D eigenvalue weighted by Crippen LogP contribution is -2.07. The maximum atomic E-state index is 5.63. The van der Waals surface area contributed by atoms with Gasteiger partial charge >= 0.3 is 0 Å². The Morgan fingerprint density at radius 2 is 2.00 bits per heavy atom. The summed E-state index contributed by atoms with van der Waals surface area (Å²) in [7, 11) is 0. The first-order valence-corrected chi connectivity index (χ1v) is 6.24. The highest BCUT2D eigenvalue weighted by atomic mass is 79.9. The molecule has 1 aromatic carbocycles. The van der Waals surface area contributed by atoms with Gasteiger partial charge in [0.25, 0.3) is 0 Å². The van der Waals surface area contributed by atoms with Gasteiger partial charge in [0.1, 0.15) is 5.82 Å². The van der Waals surface area contributed by atoms with Crippen LogP contribution in [0.25, 0.3) is 0 Å². The highest BCUT2D eigenvalue weighted by Crippen LogP contribution is 2.21. The first kappa shape index (κ1) is 11.9. The molecule has 1 heterocycles. The summed E-state index contributed by atoms with van der Waals surface area (Å²) in [5.41, 5.74) is 7.60. The molecule has 0 unspecified atom stereocenters. The van der Waals surface area contributed by atoms with E-state index >= 15 is 0 Å². The van der Waals surface area contributed by atoms with Gasteiger partial charge < -0.3 is 11.1 Å². The van der Waals surface area contributed by atoms with E-state index in [0.29, 0.717) is 5.69 Å². The molecule has 0 spiro atoms. The van der Waals surface area contributed by atoms with E-state index in [0.717, 1.165) is 23.3 Å². The third-order valence-electron chi connectivity index (χ3n) is 2.41. The van der Waals surface area contributed by atoms with Crippen LogP contribution in [0.1, 0.15) is 5.56 Å². The quantitative estimate of drug-likeness (QED) is 0.910. The Labute approximate surface area is 109 Å². The minimum atomic E-state index is 0.658. The number of nitrogens with one attached hydrogen (secondary N) is 1. The summed E-state index contributed by atoms with van der Waals surface area (Å²) in [6, 6.07) is 12.2. The monoisotopic (exact) mass is 291 g/mol. The van der Waals surface area contributed by atoms with E-state index in [1.807, 2.05) is 24.3 Å². The standard InChI is InChI=1S/C13H14BrN3/c14-12-8-11(15)9-17-13(12)16-7-6-10-4-2-1-3-5-10/h1-5,8-9H,6-7,15H2,(H,16,17). The highest BCUT2D eigenvalue weighted by molar-refractivity contribution is 9.10. The molecule has 0 amide bonds. The van der Waals surface area contributed by atoms with Gasteiger partial charge in [0.15, 0.2) is 0 Å². The SMILES string of the molecule is Nc1cnc(NCCc2ccccc2)c(Br)c1. The van der Waals surface area contributed by atoms with E-state index < -0.39 is 0 Å². The molecule has 0 aliphatic carbocycles. The lowest BCUT2D eigenvalue weighted by molar-refractivity contribution is 1.00. The average molecular weight is 292 g/mol. The topological polar surface area (TPSA) is 50.9 Å². The van der Waals surface area contributed by atoms with Crippen LogP contribution < -0.4 is 11.1 Å². The van der Waals surface area contributed by atoms with Crippen LogP contribution >= 0.6 is 15.9 Å². The van der Waals surface area contributed by atoms with E-state index in [9.17, 15) is 0 Å². The molecule has 3 N–H and O–H groups in total. The maximum Gasteiger partial charge on any atom is 0.140 e. The normalized spacial score (nSPS) is 10.2. The van der Waals surface area contributed by atoms with Crippen LogP contribution in [-0.2, 0) is 6.42 Å². The summed E-state index contributed by atoms with van der Waals surface area (Å²) in [5.74, 6) is 0.829. The fourth-order valence-corrected chi connectivity index (χ4v) is 2.06. The van der Waals surface area contributed by atoms with Gasteiger partial charge in [-0.25, -0.2) is 4.98 Å². The lowest BCUT2D eigenvalue weighted by Gasteiger charge is -2.07. The number of hydrogen-bond acceptors (Lipinski definition) is 3. The predicted octanol–water partition coefficient (Wildman–Crippen LogP) is 3.08. The molecule has 17 heavy (non-hydrogen) atoms. The lowest BCUT2D eigenvalue weighted by atomic mass is 10.1. The Bertz CT molecular complexity index is 485. The number of rotatable bonds is 4. The molecule has 0 fully saturated rings. The van der Waals surface area contributed by atoms with E-state index in [1.54, 1.807) is 6.20 Å². The molecule has 1 aromatic heterocycles. The number of nitrogens with zero attached hydrogens (tertiary/aromatic N) is 1. The van der Waals surface area contributed by atoms with Crippen LogP contribution in [0, 0.1) is 0 Å². The number of anilines is 2. The molecule has 4 heteroatoms. The fourth-order valence-electron chi connectivity index (χ4n) is 1.55. The molecular weight excluding hydrogens is 278 g/mol. The molecule has 0 saturated heterocycles. The van der Waals surface area contributed by atoms with Gasteiger partial charge in [-0.15, -0.1) is 0 Å². The van der Waals surface area contributed by atoms with Crippen molar-refractivity contribution < 1.29 is 0 Å². The van der Waals surface area contributed by atoms with Crippen LogP contribution in [0.5, 0.6) is 0 Å². The molecule has 88 valence electrons. The Morgan fingerprint density at radius 1 is 1.24 bits per heavy atom. The number of aromatic nitrogens is 1. The van der Waals surface area contributed by atoms with Crippen molar-refractivity contribution in [3.05, 3.63) is 52.6 Å². The number of nitrogen functional groups attached to an aromatic ring is 1. The summed E-state index contributed by atoms with van der Waals surface area (Å²) in [4.78, 5) is 4.23. The summed E-state index contributed by atoms with van der Waals surface area (Å²) < 4.78 is 0.894. The van der Waals surface area contributed by atoms with Crippen molar-refractivity contribution in [3.63, 3.8) is 0 Å². The van der Waals surface area contributed by atoms with Crippen LogP contribution in [0.15, 0.2) is 47.1 Å².